The van der Waals surface area contributed by atoms with Crippen molar-refractivity contribution >= 4 is 43.8 Å². The van der Waals surface area contributed by atoms with Crippen molar-refractivity contribution < 1.29 is 0 Å². The second kappa shape index (κ2) is 10.9. The number of hydrogen-bond acceptors (Lipinski definition) is 1. The van der Waals surface area contributed by atoms with Gasteiger partial charge < -0.3 is 4.90 Å². The van der Waals surface area contributed by atoms with E-state index in [0.29, 0.717) is 0 Å². The van der Waals surface area contributed by atoms with Crippen LogP contribution in [0.4, 0.5) is 17.1 Å². The minimum Gasteiger partial charge on any atom is -0.310 e. The fourth-order valence-corrected chi connectivity index (χ4v) is 8.69. The lowest BCUT2D eigenvalue weighted by Gasteiger charge is -2.32. The molecule has 10 rings (SSSR count). The summed E-state index contributed by atoms with van der Waals surface area (Å²) in [5, 5.41) is 2.46. The second-order valence-electron chi connectivity index (χ2n) is 13.0. The molecule has 0 radical (unpaired) electrons. The summed E-state index contributed by atoms with van der Waals surface area (Å²) in [6.45, 7) is 0. The summed E-state index contributed by atoms with van der Waals surface area (Å²) >= 11 is 3.58. The van der Waals surface area contributed by atoms with Gasteiger partial charge in [0, 0.05) is 21.5 Å². The number of benzene rings is 8. The summed E-state index contributed by atoms with van der Waals surface area (Å²) in [6, 6.07) is 67.1. The van der Waals surface area contributed by atoms with Crippen LogP contribution in [-0.4, -0.2) is 0 Å². The molecule has 0 heterocycles. The summed E-state index contributed by atoms with van der Waals surface area (Å²) in [4.78, 5) is 2.42. The lowest BCUT2D eigenvalue weighted by atomic mass is 9.70. The lowest BCUT2D eigenvalue weighted by molar-refractivity contribution is 0.793. The molecule has 49 heavy (non-hydrogen) atoms. The number of halogens is 1. The molecule has 0 bridgehead atoms. The monoisotopic (exact) mass is 687 g/mol. The van der Waals surface area contributed by atoms with E-state index in [-0.39, 0.29) is 0 Å². The molecule has 0 N–H and O–H groups in total. The largest absolute Gasteiger partial charge is 0.310 e. The van der Waals surface area contributed by atoms with Crippen molar-refractivity contribution in [2.45, 2.75) is 5.41 Å². The van der Waals surface area contributed by atoms with Crippen LogP contribution in [0.25, 0.3) is 44.2 Å². The molecule has 0 saturated carbocycles. The quantitative estimate of drug-likeness (QED) is 0.178. The Morgan fingerprint density at radius 1 is 0.347 bits per heavy atom. The molecule has 230 valence electrons. The first kappa shape index (κ1) is 28.3. The average Bonchev–Trinajstić information content (AvgIpc) is 3.63. The Hall–Kier alpha value is -5.70. The van der Waals surface area contributed by atoms with Crippen molar-refractivity contribution in [1.82, 2.24) is 0 Å². The zero-order valence-electron chi connectivity index (χ0n) is 26.6. The van der Waals surface area contributed by atoms with Gasteiger partial charge in [-0.15, -0.1) is 0 Å². The van der Waals surface area contributed by atoms with Crippen molar-refractivity contribution in [3.05, 3.63) is 209 Å². The Labute approximate surface area is 294 Å². The van der Waals surface area contributed by atoms with E-state index < -0.39 is 5.41 Å². The molecule has 1 nitrogen and oxygen atoms in total. The zero-order valence-corrected chi connectivity index (χ0v) is 28.2. The molecule has 0 fully saturated rings. The highest BCUT2D eigenvalue weighted by molar-refractivity contribution is 9.10. The third kappa shape index (κ3) is 4.17. The predicted octanol–water partition coefficient (Wildman–Crippen LogP) is 13.1. The van der Waals surface area contributed by atoms with Crippen LogP contribution in [0.2, 0.25) is 0 Å². The Bertz CT molecular complexity index is 2500. The standard InChI is InChI=1S/C47H30BrN/c48-35-22-17-32(18-23-35)33-19-24-36(25-20-33)49(37-26-21-31-9-1-2-10-34(31)29-37)38-27-28-42-41-13-5-8-16-45(41)47(46(42)30-38)43-14-6-3-11-39(43)40-12-4-7-15-44(40)47/h1-30H. The van der Waals surface area contributed by atoms with Crippen LogP contribution >= 0.6 is 15.9 Å². The Balaban J connectivity index is 1.21. The summed E-state index contributed by atoms with van der Waals surface area (Å²) in [5.74, 6) is 0. The summed E-state index contributed by atoms with van der Waals surface area (Å²) in [7, 11) is 0. The van der Waals surface area contributed by atoms with Crippen molar-refractivity contribution in [3.8, 4) is 33.4 Å². The maximum Gasteiger partial charge on any atom is 0.0726 e. The molecule has 8 aromatic carbocycles. The van der Waals surface area contributed by atoms with E-state index in [1.165, 1.54) is 66.4 Å². The van der Waals surface area contributed by atoms with Crippen LogP contribution in [0.3, 0.4) is 0 Å². The van der Waals surface area contributed by atoms with Crippen LogP contribution in [0.5, 0.6) is 0 Å². The molecule has 2 heteroatoms. The van der Waals surface area contributed by atoms with Gasteiger partial charge in [-0.2, -0.15) is 0 Å². The minimum atomic E-state index is -0.393. The highest BCUT2D eigenvalue weighted by atomic mass is 79.9. The molecule has 0 atom stereocenters. The molecule has 8 aromatic rings. The van der Waals surface area contributed by atoms with Crippen LogP contribution < -0.4 is 4.90 Å². The molecular weight excluding hydrogens is 658 g/mol. The van der Waals surface area contributed by atoms with Gasteiger partial charge in [-0.25, -0.2) is 0 Å². The van der Waals surface area contributed by atoms with Crippen molar-refractivity contribution in [3.63, 3.8) is 0 Å². The van der Waals surface area contributed by atoms with Gasteiger partial charge in [0.25, 0.3) is 0 Å². The van der Waals surface area contributed by atoms with Crippen LogP contribution in [0, 0.1) is 0 Å². The molecule has 0 saturated heterocycles. The fourth-order valence-electron chi connectivity index (χ4n) is 8.43. The van der Waals surface area contributed by atoms with Crippen LogP contribution in [0.15, 0.2) is 186 Å². The van der Waals surface area contributed by atoms with Crippen molar-refractivity contribution in [1.29, 1.82) is 0 Å². The van der Waals surface area contributed by atoms with Gasteiger partial charge in [0.1, 0.15) is 0 Å². The first-order valence-electron chi connectivity index (χ1n) is 16.8. The first-order valence-corrected chi connectivity index (χ1v) is 17.6. The van der Waals surface area contributed by atoms with Crippen LogP contribution in [-0.2, 0) is 5.41 Å². The molecule has 0 amide bonds. The molecule has 1 spiro atoms. The van der Waals surface area contributed by atoms with Gasteiger partial charge in [-0.1, -0.05) is 149 Å². The number of anilines is 3. The van der Waals surface area contributed by atoms with Crippen LogP contribution in [0.1, 0.15) is 22.3 Å². The van der Waals surface area contributed by atoms with Gasteiger partial charge in [0.05, 0.1) is 5.41 Å². The van der Waals surface area contributed by atoms with E-state index >= 15 is 0 Å². The Morgan fingerprint density at radius 2 is 0.796 bits per heavy atom. The number of hydrogen-bond donors (Lipinski definition) is 0. The van der Waals surface area contributed by atoms with E-state index in [2.05, 4.69) is 203 Å². The molecular formula is C47H30BrN. The van der Waals surface area contributed by atoms with Gasteiger partial charge in [-0.05, 0) is 115 Å². The molecule has 0 aromatic heterocycles. The van der Waals surface area contributed by atoms with Gasteiger partial charge in [0.2, 0.25) is 0 Å². The van der Waals surface area contributed by atoms with E-state index in [9.17, 15) is 0 Å². The maximum absolute atomic E-state index is 3.58. The number of nitrogens with zero attached hydrogens (tertiary/aromatic N) is 1. The summed E-state index contributed by atoms with van der Waals surface area (Å²) < 4.78 is 1.08. The highest BCUT2D eigenvalue weighted by Crippen LogP contribution is 2.63. The lowest BCUT2D eigenvalue weighted by Crippen LogP contribution is -2.26. The van der Waals surface area contributed by atoms with E-state index in [4.69, 9.17) is 0 Å². The van der Waals surface area contributed by atoms with E-state index in [1.54, 1.807) is 0 Å². The molecule has 2 aliphatic rings. The van der Waals surface area contributed by atoms with Gasteiger partial charge in [0.15, 0.2) is 0 Å². The second-order valence-corrected chi connectivity index (χ2v) is 14.0. The SMILES string of the molecule is Brc1ccc(-c2ccc(N(c3ccc4c(c3)C3(c5ccccc5-c5ccccc53)c3ccccc3-4)c3ccc4ccccc4c3)cc2)cc1. The van der Waals surface area contributed by atoms with E-state index in [0.717, 1.165) is 21.5 Å². The molecule has 2 aliphatic carbocycles. The van der Waals surface area contributed by atoms with E-state index in [1.807, 2.05) is 0 Å². The zero-order chi connectivity index (χ0) is 32.5. The highest BCUT2D eigenvalue weighted by Gasteiger charge is 2.51. The summed E-state index contributed by atoms with van der Waals surface area (Å²) in [5.41, 5.74) is 16.0. The fraction of sp³-hybridized carbons (Fsp3) is 0.0213. The molecule has 0 unspecified atom stereocenters. The normalized spacial score (nSPS) is 13.2. The number of rotatable bonds is 4. The van der Waals surface area contributed by atoms with Crippen molar-refractivity contribution in [2.75, 3.05) is 4.90 Å². The third-order valence-electron chi connectivity index (χ3n) is 10.5. The first-order chi connectivity index (χ1) is 24.2. The third-order valence-corrected chi connectivity index (χ3v) is 11.1. The predicted molar refractivity (Wildman–Crippen MR) is 208 cm³/mol. The Kier molecular flexibility index (Phi) is 6.31. The minimum absolute atomic E-state index is 0.393. The Morgan fingerprint density at radius 3 is 1.41 bits per heavy atom. The van der Waals surface area contributed by atoms with Gasteiger partial charge in [-0.3, -0.25) is 0 Å². The molecule has 0 aliphatic heterocycles. The van der Waals surface area contributed by atoms with Crippen molar-refractivity contribution in [2.24, 2.45) is 0 Å². The number of fused-ring (bicyclic) bond motifs is 11. The maximum atomic E-state index is 3.58. The average molecular weight is 689 g/mol. The topological polar surface area (TPSA) is 3.24 Å². The summed E-state index contributed by atoms with van der Waals surface area (Å²) in [6.07, 6.45) is 0. The van der Waals surface area contributed by atoms with Gasteiger partial charge >= 0.3 is 0 Å². The smallest absolute Gasteiger partial charge is 0.0726 e.